The Morgan fingerprint density at radius 3 is 2.68 bits per heavy atom. The molecule has 3 nitrogen and oxygen atoms in total. The normalized spacial score (nSPS) is 22.3. The zero-order valence-corrected chi connectivity index (χ0v) is 15.4. The summed E-state index contributed by atoms with van der Waals surface area (Å²) in [6.45, 7) is 4.01. The third-order valence-electron chi connectivity index (χ3n) is 4.30. The fraction of sp³-hybridized carbons (Fsp3) is 0.688. The molecule has 6 heteroatoms. The highest BCUT2D eigenvalue weighted by molar-refractivity contribution is 8.03. The lowest BCUT2D eigenvalue weighted by atomic mass is 10.3. The van der Waals surface area contributed by atoms with E-state index in [9.17, 15) is 4.79 Å². The predicted molar refractivity (Wildman–Crippen MR) is 99.2 cm³/mol. The summed E-state index contributed by atoms with van der Waals surface area (Å²) in [6.07, 6.45) is 1.69. The number of rotatable bonds is 3. The molecule has 122 valence electrons. The number of hydrogen-bond acceptors (Lipinski definition) is 5. The van der Waals surface area contributed by atoms with E-state index >= 15 is 0 Å². The second-order valence-electron chi connectivity index (χ2n) is 5.83. The van der Waals surface area contributed by atoms with Gasteiger partial charge in [-0.3, -0.25) is 9.69 Å². The Bertz CT molecular complexity index is 458. The lowest BCUT2D eigenvalue weighted by Crippen LogP contribution is -2.42. The number of amides is 1. The highest BCUT2D eigenvalue weighted by Crippen LogP contribution is 2.21. The van der Waals surface area contributed by atoms with Gasteiger partial charge in [0.25, 0.3) is 0 Å². The Balaban J connectivity index is 1.51. The van der Waals surface area contributed by atoms with Crippen molar-refractivity contribution in [1.29, 1.82) is 0 Å². The number of carbonyl (C=O) groups excluding carboxylic acids is 1. The average Bonchev–Trinajstić information content (AvgIpc) is 2.79. The van der Waals surface area contributed by atoms with Crippen LogP contribution in [0.15, 0.2) is 17.5 Å². The molecule has 3 rings (SSSR count). The van der Waals surface area contributed by atoms with Crippen LogP contribution in [0.4, 0.5) is 0 Å². The smallest absolute Gasteiger partial charge is 0.227 e. The van der Waals surface area contributed by atoms with E-state index in [0.717, 1.165) is 32.6 Å². The Labute approximate surface area is 145 Å². The van der Waals surface area contributed by atoms with Crippen LogP contribution in [0.5, 0.6) is 0 Å². The molecule has 0 saturated carbocycles. The summed E-state index contributed by atoms with van der Waals surface area (Å²) in [5.41, 5.74) is 0. The van der Waals surface area contributed by atoms with E-state index in [1.165, 1.54) is 27.9 Å². The third-order valence-corrected chi connectivity index (χ3v) is 7.66. The Hall–Kier alpha value is -0.170. The van der Waals surface area contributed by atoms with Crippen molar-refractivity contribution >= 4 is 40.8 Å². The van der Waals surface area contributed by atoms with Gasteiger partial charge in [0.15, 0.2) is 0 Å². The van der Waals surface area contributed by atoms with Gasteiger partial charge < -0.3 is 4.90 Å². The maximum atomic E-state index is 12.5. The van der Waals surface area contributed by atoms with Crippen molar-refractivity contribution in [2.45, 2.75) is 18.9 Å². The summed E-state index contributed by atoms with van der Waals surface area (Å²) in [4.78, 5) is 18.4. The first-order valence-corrected chi connectivity index (χ1v) is 11.2. The Morgan fingerprint density at radius 2 is 1.95 bits per heavy atom. The van der Waals surface area contributed by atoms with E-state index < -0.39 is 0 Å². The average molecular weight is 357 g/mol. The van der Waals surface area contributed by atoms with Crippen LogP contribution in [0.1, 0.15) is 11.3 Å². The quantitative estimate of drug-likeness (QED) is 0.831. The molecule has 3 heterocycles. The van der Waals surface area contributed by atoms with E-state index in [1.807, 2.05) is 11.4 Å². The second-order valence-corrected chi connectivity index (χ2v) is 9.16. The molecule has 0 bridgehead atoms. The molecule has 1 aromatic rings. The summed E-state index contributed by atoms with van der Waals surface area (Å²) in [5.74, 6) is 5.40. The van der Waals surface area contributed by atoms with E-state index in [2.05, 4.69) is 39.4 Å². The van der Waals surface area contributed by atoms with Crippen molar-refractivity contribution in [2.75, 3.05) is 49.2 Å². The van der Waals surface area contributed by atoms with Gasteiger partial charge in [0.1, 0.15) is 0 Å². The van der Waals surface area contributed by atoms with Crippen LogP contribution in [0, 0.1) is 0 Å². The molecular weight excluding hydrogens is 332 g/mol. The van der Waals surface area contributed by atoms with E-state index in [4.69, 9.17) is 0 Å². The van der Waals surface area contributed by atoms with Gasteiger partial charge in [-0.15, -0.1) is 11.3 Å². The molecule has 0 atom stereocenters. The fourth-order valence-corrected chi connectivity index (χ4v) is 6.36. The van der Waals surface area contributed by atoms with Gasteiger partial charge >= 0.3 is 0 Å². The summed E-state index contributed by atoms with van der Waals surface area (Å²) < 4.78 is 0. The standard InChI is InChI=1S/C16H24N2OS3/c19-16(11-15-3-1-8-22-15)18-5-2-4-17(6-7-18)14-12-20-9-10-21-13-14/h1,3,8,14H,2,4-7,9-13H2. The SMILES string of the molecule is O=C(Cc1cccs1)N1CCCN(C2CSCCSC2)CC1. The van der Waals surface area contributed by atoms with Gasteiger partial charge in [-0.25, -0.2) is 0 Å². The molecule has 2 aliphatic rings. The molecule has 0 N–H and O–H groups in total. The highest BCUT2D eigenvalue weighted by Gasteiger charge is 2.25. The molecule has 0 unspecified atom stereocenters. The molecule has 0 aromatic carbocycles. The van der Waals surface area contributed by atoms with E-state index in [-0.39, 0.29) is 0 Å². The van der Waals surface area contributed by atoms with Crippen molar-refractivity contribution < 1.29 is 4.79 Å². The topological polar surface area (TPSA) is 23.6 Å². The molecule has 2 aliphatic heterocycles. The summed E-state index contributed by atoms with van der Waals surface area (Å²) in [6, 6.07) is 4.79. The minimum absolute atomic E-state index is 0.300. The minimum Gasteiger partial charge on any atom is -0.341 e. The largest absolute Gasteiger partial charge is 0.341 e. The van der Waals surface area contributed by atoms with Gasteiger partial charge in [-0.1, -0.05) is 6.07 Å². The summed E-state index contributed by atoms with van der Waals surface area (Å²) >= 11 is 5.87. The lowest BCUT2D eigenvalue weighted by molar-refractivity contribution is -0.130. The zero-order valence-electron chi connectivity index (χ0n) is 12.9. The van der Waals surface area contributed by atoms with Crippen LogP contribution in [0.2, 0.25) is 0 Å². The van der Waals surface area contributed by atoms with E-state index in [0.29, 0.717) is 18.4 Å². The van der Waals surface area contributed by atoms with Crippen molar-refractivity contribution in [1.82, 2.24) is 9.80 Å². The maximum absolute atomic E-state index is 12.5. The zero-order chi connectivity index (χ0) is 15.2. The van der Waals surface area contributed by atoms with Crippen LogP contribution in [-0.4, -0.2) is 70.9 Å². The number of carbonyl (C=O) groups is 1. The van der Waals surface area contributed by atoms with Crippen LogP contribution in [-0.2, 0) is 11.2 Å². The van der Waals surface area contributed by atoms with E-state index in [1.54, 1.807) is 11.3 Å². The lowest BCUT2D eigenvalue weighted by Gasteiger charge is -2.29. The molecule has 22 heavy (non-hydrogen) atoms. The first-order chi connectivity index (χ1) is 10.8. The van der Waals surface area contributed by atoms with Crippen LogP contribution >= 0.6 is 34.9 Å². The van der Waals surface area contributed by atoms with Crippen molar-refractivity contribution in [3.63, 3.8) is 0 Å². The predicted octanol–water partition coefficient (Wildman–Crippen LogP) is 2.67. The molecule has 1 aromatic heterocycles. The Kier molecular flexibility index (Phi) is 6.53. The summed E-state index contributed by atoms with van der Waals surface area (Å²) in [7, 11) is 0. The number of thiophene rings is 1. The van der Waals surface area contributed by atoms with Gasteiger partial charge in [0.2, 0.25) is 5.91 Å². The monoisotopic (exact) mass is 356 g/mol. The van der Waals surface area contributed by atoms with Gasteiger partial charge in [-0.05, 0) is 17.9 Å². The van der Waals surface area contributed by atoms with Crippen molar-refractivity contribution in [3.05, 3.63) is 22.4 Å². The van der Waals surface area contributed by atoms with Crippen molar-refractivity contribution in [3.8, 4) is 0 Å². The second kappa shape index (κ2) is 8.62. The van der Waals surface area contributed by atoms with Gasteiger partial charge in [0.05, 0.1) is 6.42 Å². The Morgan fingerprint density at radius 1 is 1.14 bits per heavy atom. The minimum atomic E-state index is 0.300. The molecule has 0 radical (unpaired) electrons. The highest BCUT2D eigenvalue weighted by atomic mass is 32.2. The third kappa shape index (κ3) is 4.66. The maximum Gasteiger partial charge on any atom is 0.227 e. The number of hydrogen-bond donors (Lipinski definition) is 0. The van der Waals surface area contributed by atoms with Gasteiger partial charge in [0, 0.05) is 60.1 Å². The molecule has 1 amide bonds. The number of thioether (sulfide) groups is 2. The van der Waals surface area contributed by atoms with Gasteiger partial charge in [-0.2, -0.15) is 23.5 Å². The van der Waals surface area contributed by atoms with Crippen LogP contribution in [0.3, 0.4) is 0 Å². The molecule has 2 fully saturated rings. The molecule has 0 aliphatic carbocycles. The first-order valence-electron chi connectivity index (χ1n) is 8.02. The number of nitrogens with zero attached hydrogens (tertiary/aromatic N) is 2. The van der Waals surface area contributed by atoms with Crippen LogP contribution in [0.25, 0.3) is 0 Å². The molecule has 2 saturated heterocycles. The van der Waals surface area contributed by atoms with Crippen LogP contribution < -0.4 is 0 Å². The van der Waals surface area contributed by atoms with Crippen molar-refractivity contribution in [2.24, 2.45) is 0 Å². The fourth-order valence-electron chi connectivity index (χ4n) is 3.04. The molecule has 0 spiro atoms. The summed E-state index contributed by atoms with van der Waals surface area (Å²) in [5, 5.41) is 2.05. The molecular formula is C16H24N2OS3. The first kappa shape index (κ1) is 16.7.